The standard InChI is InChI=1S/C19H17FN4O/c20-16-4-1-13-9-21-18(8-14(13)7-16)19(25)24-17-5-2-12(3-6-17)15-10-22-23-11-15/h1-7,10-11,18,21H,8-9H2,(H,22,23)(H,24,25). The number of carbonyl (C=O) groups is 1. The maximum atomic E-state index is 13.4. The largest absolute Gasteiger partial charge is 0.325 e. The second-order valence-corrected chi connectivity index (χ2v) is 6.10. The zero-order valence-electron chi connectivity index (χ0n) is 13.4. The molecule has 1 aromatic heterocycles. The van der Waals surface area contributed by atoms with Crippen LogP contribution < -0.4 is 10.6 Å². The van der Waals surface area contributed by atoms with Crippen LogP contribution in [0.5, 0.6) is 0 Å². The number of rotatable bonds is 3. The molecule has 0 saturated heterocycles. The van der Waals surface area contributed by atoms with Crippen LogP contribution in [-0.4, -0.2) is 22.1 Å². The third-order valence-corrected chi connectivity index (χ3v) is 4.43. The van der Waals surface area contributed by atoms with Crippen LogP contribution in [0.3, 0.4) is 0 Å². The fourth-order valence-electron chi connectivity index (χ4n) is 3.05. The molecule has 2 aromatic carbocycles. The number of hydrogen-bond donors (Lipinski definition) is 3. The van der Waals surface area contributed by atoms with Crippen molar-refractivity contribution in [3.05, 3.63) is 71.8 Å². The van der Waals surface area contributed by atoms with Crippen molar-refractivity contribution in [3.8, 4) is 11.1 Å². The fourth-order valence-corrected chi connectivity index (χ4v) is 3.05. The molecule has 6 heteroatoms. The number of halogens is 1. The molecule has 1 amide bonds. The van der Waals surface area contributed by atoms with Gasteiger partial charge in [-0.05, 0) is 47.4 Å². The quantitative estimate of drug-likeness (QED) is 0.689. The molecule has 126 valence electrons. The van der Waals surface area contributed by atoms with Gasteiger partial charge in [0.15, 0.2) is 0 Å². The third kappa shape index (κ3) is 3.29. The number of anilines is 1. The molecule has 3 N–H and O–H groups in total. The van der Waals surface area contributed by atoms with Crippen LogP contribution >= 0.6 is 0 Å². The molecule has 1 aliphatic rings. The topological polar surface area (TPSA) is 69.8 Å². The lowest BCUT2D eigenvalue weighted by atomic mass is 9.95. The molecule has 0 aliphatic carbocycles. The second kappa shape index (κ2) is 6.49. The smallest absolute Gasteiger partial charge is 0.241 e. The lowest BCUT2D eigenvalue weighted by molar-refractivity contribution is -0.118. The first-order valence-electron chi connectivity index (χ1n) is 8.10. The number of aromatic amines is 1. The summed E-state index contributed by atoms with van der Waals surface area (Å²) in [6.07, 6.45) is 4.04. The van der Waals surface area contributed by atoms with E-state index >= 15 is 0 Å². The molecule has 0 fully saturated rings. The normalized spacial score (nSPS) is 16.3. The van der Waals surface area contributed by atoms with Crippen molar-refractivity contribution in [2.45, 2.75) is 19.0 Å². The number of benzene rings is 2. The Bertz CT molecular complexity index is 890. The van der Waals surface area contributed by atoms with Crippen molar-refractivity contribution in [2.24, 2.45) is 0 Å². The number of amides is 1. The van der Waals surface area contributed by atoms with Crippen LogP contribution in [0, 0.1) is 5.82 Å². The van der Waals surface area contributed by atoms with Gasteiger partial charge in [0.1, 0.15) is 5.82 Å². The van der Waals surface area contributed by atoms with Gasteiger partial charge in [-0.15, -0.1) is 0 Å². The van der Waals surface area contributed by atoms with Gasteiger partial charge in [0.2, 0.25) is 5.91 Å². The summed E-state index contributed by atoms with van der Waals surface area (Å²) in [6.45, 7) is 0.563. The van der Waals surface area contributed by atoms with Crippen molar-refractivity contribution < 1.29 is 9.18 Å². The highest BCUT2D eigenvalue weighted by Gasteiger charge is 2.24. The maximum absolute atomic E-state index is 13.4. The summed E-state index contributed by atoms with van der Waals surface area (Å²) in [6, 6.07) is 11.9. The molecule has 5 nitrogen and oxygen atoms in total. The Morgan fingerprint density at radius 1 is 1.12 bits per heavy atom. The van der Waals surface area contributed by atoms with Crippen molar-refractivity contribution in [1.82, 2.24) is 15.5 Å². The van der Waals surface area contributed by atoms with Crippen molar-refractivity contribution in [3.63, 3.8) is 0 Å². The van der Waals surface area contributed by atoms with E-state index in [1.807, 2.05) is 30.5 Å². The molecule has 0 radical (unpaired) electrons. The van der Waals surface area contributed by atoms with Crippen LogP contribution in [-0.2, 0) is 17.8 Å². The Kier molecular flexibility index (Phi) is 4.03. The fraction of sp³-hybridized carbons (Fsp3) is 0.158. The SMILES string of the molecule is O=C(Nc1ccc(-c2cn[nH]c2)cc1)C1Cc2cc(F)ccc2CN1. The monoisotopic (exact) mass is 336 g/mol. The number of hydrogen-bond acceptors (Lipinski definition) is 3. The highest BCUT2D eigenvalue weighted by molar-refractivity contribution is 5.95. The Morgan fingerprint density at radius 2 is 1.96 bits per heavy atom. The van der Waals surface area contributed by atoms with E-state index in [4.69, 9.17) is 0 Å². The van der Waals surface area contributed by atoms with Crippen LogP contribution in [0.1, 0.15) is 11.1 Å². The first kappa shape index (κ1) is 15.5. The number of nitrogens with zero attached hydrogens (tertiary/aromatic N) is 1. The van der Waals surface area contributed by atoms with E-state index in [2.05, 4.69) is 20.8 Å². The van der Waals surface area contributed by atoms with E-state index in [9.17, 15) is 9.18 Å². The lowest BCUT2D eigenvalue weighted by Crippen LogP contribution is -2.44. The number of fused-ring (bicyclic) bond motifs is 1. The number of nitrogens with one attached hydrogen (secondary N) is 3. The first-order chi connectivity index (χ1) is 12.2. The van der Waals surface area contributed by atoms with Gasteiger partial charge in [-0.1, -0.05) is 18.2 Å². The molecule has 3 aromatic rings. The van der Waals surface area contributed by atoms with Crippen molar-refractivity contribution in [2.75, 3.05) is 5.32 Å². The van der Waals surface area contributed by atoms with Gasteiger partial charge in [0.05, 0.1) is 12.2 Å². The Morgan fingerprint density at radius 3 is 2.72 bits per heavy atom. The minimum absolute atomic E-state index is 0.119. The highest BCUT2D eigenvalue weighted by Crippen LogP contribution is 2.21. The summed E-state index contributed by atoms with van der Waals surface area (Å²) >= 11 is 0. The summed E-state index contributed by atoms with van der Waals surface area (Å²) in [5.74, 6) is -0.388. The minimum atomic E-state index is -0.372. The molecular weight excluding hydrogens is 319 g/mol. The molecule has 4 rings (SSSR count). The molecular formula is C19H17FN4O. The second-order valence-electron chi connectivity index (χ2n) is 6.10. The van der Waals surface area contributed by atoms with Gasteiger partial charge in [-0.25, -0.2) is 4.39 Å². The Balaban J connectivity index is 1.44. The Hall–Kier alpha value is -2.99. The van der Waals surface area contributed by atoms with Crippen LogP contribution in [0.25, 0.3) is 11.1 Å². The summed E-state index contributed by atoms with van der Waals surface area (Å²) < 4.78 is 13.4. The summed E-state index contributed by atoms with van der Waals surface area (Å²) in [4.78, 5) is 12.5. The number of H-pyrrole nitrogens is 1. The highest BCUT2D eigenvalue weighted by atomic mass is 19.1. The molecule has 1 atom stereocenters. The van der Waals surface area contributed by atoms with Crippen molar-refractivity contribution in [1.29, 1.82) is 0 Å². The van der Waals surface area contributed by atoms with E-state index in [0.717, 1.165) is 27.9 Å². The van der Waals surface area contributed by atoms with Gasteiger partial charge in [0, 0.05) is 24.0 Å². The number of aromatic nitrogens is 2. The van der Waals surface area contributed by atoms with E-state index in [1.165, 1.54) is 12.1 Å². The van der Waals surface area contributed by atoms with Gasteiger partial charge in [0.25, 0.3) is 0 Å². The zero-order chi connectivity index (χ0) is 17.2. The van der Waals surface area contributed by atoms with Crippen LogP contribution in [0.2, 0.25) is 0 Å². The Labute approximate surface area is 144 Å². The molecule has 1 aliphatic heterocycles. The lowest BCUT2D eigenvalue weighted by Gasteiger charge is -2.25. The number of carbonyl (C=O) groups excluding carboxylic acids is 1. The zero-order valence-corrected chi connectivity index (χ0v) is 13.4. The van der Waals surface area contributed by atoms with Crippen LogP contribution in [0.15, 0.2) is 54.9 Å². The van der Waals surface area contributed by atoms with Gasteiger partial charge in [-0.2, -0.15) is 5.10 Å². The van der Waals surface area contributed by atoms with E-state index in [-0.39, 0.29) is 17.8 Å². The first-order valence-corrected chi connectivity index (χ1v) is 8.10. The average molecular weight is 336 g/mol. The van der Waals surface area contributed by atoms with E-state index < -0.39 is 0 Å². The predicted molar refractivity (Wildman–Crippen MR) is 93.4 cm³/mol. The van der Waals surface area contributed by atoms with Gasteiger partial charge >= 0.3 is 0 Å². The van der Waals surface area contributed by atoms with E-state index in [0.29, 0.717) is 13.0 Å². The minimum Gasteiger partial charge on any atom is -0.325 e. The third-order valence-electron chi connectivity index (χ3n) is 4.43. The van der Waals surface area contributed by atoms with Gasteiger partial charge in [-0.3, -0.25) is 9.89 Å². The molecule has 25 heavy (non-hydrogen) atoms. The van der Waals surface area contributed by atoms with Crippen molar-refractivity contribution >= 4 is 11.6 Å². The summed E-state index contributed by atoms with van der Waals surface area (Å²) in [5, 5.41) is 12.8. The molecule has 0 saturated carbocycles. The van der Waals surface area contributed by atoms with Gasteiger partial charge < -0.3 is 10.6 Å². The summed E-state index contributed by atoms with van der Waals surface area (Å²) in [5.41, 5.74) is 4.66. The van der Waals surface area contributed by atoms with Crippen LogP contribution in [0.4, 0.5) is 10.1 Å². The molecule has 0 bridgehead atoms. The maximum Gasteiger partial charge on any atom is 0.241 e. The average Bonchev–Trinajstić information content (AvgIpc) is 3.16. The molecule has 1 unspecified atom stereocenters. The molecule has 0 spiro atoms. The predicted octanol–water partition coefficient (Wildman–Crippen LogP) is 2.87. The van der Waals surface area contributed by atoms with E-state index in [1.54, 1.807) is 12.3 Å². The molecule has 2 heterocycles. The summed E-state index contributed by atoms with van der Waals surface area (Å²) in [7, 11) is 0.